The molecule has 3 nitrogen and oxygen atoms in total. The van der Waals surface area contributed by atoms with E-state index in [-0.39, 0.29) is 11.6 Å². The molecule has 1 heterocycles. The number of aliphatic imine (C=N–C) groups is 1. The molecule has 2 atom stereocenters. The molecule has 2 N–H and O–H groups in total. The molecule has 1 aromatic carbocycles. The number of hydrogen-bond donors (Lipinski definition) is 2. The van der Waals surface area contributed by atoms with Crippen molar-refractivity contribution in [2.75, 3.05) is 0 Å². The Hall–Kier alpha value is -1.29. The van der Waals surface area contributed by atoms with Crippen LogP contribution in [0.1, 0.15) is 37.7 Å². The quantitative estimate of drug-likeness (QED) is 0.788. The zero-order chi connectivity index (χ0) is 17.3. The number of rotatable bonds is 2. The monoisotopic (exact) mass is 375 g/mol. The Morgan fingerprint density at radius 3 is 2.56 bits per heavy atom. The molecule has 2 fully saturated rings. The van der Waals surface area contributed by atoms with Crippen LogP contribution in [0.4, 0.5) is 0 Å². The molecule has 4 rings (SSSR count). The highest BCUT2D eigenvalue weighted by Crippen LogP contribution is 2.33. The van der Waals surface area contributed by atoms with E-state index >= 15 is 0 Å². The minimum Gasteiger partial charge on any atom is -0.364 e. The van der Waals surface area contributed by atoms with Crippen LogP contribution in [0.2, 0.25) is 10.0 Å². The standard InChI is InChI=1S/C20H23Cl2N3/c21-15-9-8-14(16(22)12-15)13-23-19-20(10-4-1-5-11-20)25-18-7-3-2-6-17(18)24-19/h2-3,6-9,12,17-18,25H,1,4-5,10-11,13H2,(H,23,24). The summed E-state index contributed by atoms with van der Waals surface area (Å²) in [5, 5.41) is 8.93. The van der Waals surface area contributed by atoms with Crippen LogP contribution < -0.4 is 10.6 Å². The maximum Gasteiger partial charge on any atom is 0.118 e. The molecule has 5 heteroatoms. The largest absolute Gasteiger partial charge is 0.364 e. The summed E-state index contributed by atoms with van der Waals surface area (Å²) >= 11 is 12.3. The number of nitrogens with one attached hydrogen (secondary N) is 2. The summed E-state index contributed by atoms with van der Waals surface area (Å²) in [6, 6.07) is 6.21. The van der Waals surface area contributed by atoms with Crippen LogP contribution >= 0.6 is 23.2 Å². The Balaban J connectivity index is 1.62. The second-order valence-corrected chi connectivity index (χ2v) is 8.00. The average molecular weight is 376 g/mol. The second kappa shape index (κ2) is 7.14. The van der Waals surface area contributed by atoms with Gasteiger partial charge in [-0.3, -0.25) is 10.3 Å². The van der Waals surface area contributed by atoms with Gasteiger partial charge < -0.3 is 5.32 Å². The van der Waals surface area contributed by atoms with Gasteiger partial charge in [0.25, 0.3) is 0 Å². The summed E-state index contributed by atoms with van der Waals surface area (Å²) in [7, 11) is 0. The third-order valence-electron chi connectivity index (χ3n) is 5.46. The number of piperazine rings is 1. The predicted octanol–water partition coefficient (Wildman–Crippen LogP) is 4.65. The van der Waals surface area contributed by atoms with E-state index in [9.17, 15) is 0 Å². The second-order valence-electron chi connectivity index (χ2n) is 7.15. The highest BCUT2D eigenvalue weighted by molar-refractivity contribution is 6.35. The van der Waals surface area contributed by atoms with Crippen LogP contribution in [0.3, 0.4) is 0 Å². The first kappa shape index (κ1) is 17.1. The molecule has 0 amide bonds. The van der Waals surface area contributed by atoms with E-state index in [2.05, 4.69) is 34.9 Å². The minimum atomic E-state index is -0.0339. The molecular weight excluding hydrogens is 353 g/mol. The third-order valence-corrected chi connectivity index (χ3v) is 6.05. The molecule has 3 aliphatic rings. The van der Waals surface area contributed by atoms with E-state index in [1.54, 1.807) is 6.07 Å². The Morgan fingerprint density at radius 1 is 1.04 bits per heavy atom. The summed E-state index contributed by atoms with van der Waals surface area (Å²) in [5.74, 6) is 1.08. The van der Waals surface area contributed by atoms with E-state index in [1.165, 1.54) is 19.3 Å². The molecule has 25 heavy (non-hydrogen) atoms. The molecule has 1 aliphatic heterocycles. The Labute approximate surface area is 159 Å². The van der Waals surface area contributed by atoms with E-state index in [0.717, 1.165) is 24.2 Å². The van der Waals surface area contributed by atoms with Crippen molar-refractivity contribution in [1.82, 2.24) is 10.6 Å². The molecule has 2 unspecified atom stereocenters. The molecule has 2 aliphatic carbocycles. The highest BCUT2D eigenvalue weighted by Gasteiger charge is 2.44. The van der Waals surface area contributed by atoms with Crippen molar-refractivity contribution < 1.29 is 0 Å². The molecule has 1 spiro atoms. The maximum atomic E-state index is 6.33. The van der Waals surface area contributed by atoms with Crippen molar-refractivity contribution in [2.24, 2.45) is 4.99 Å². The number of amidine groups is 1. The minimum absolute atomic E-state index is 0.0339. The smallest absolute Gasteiger partial charge is 0.118 e. The summed E-state index contributed by atoms with van der Waals surface area (Å²) in [4.78, 5) is 4.97. The molecule has 0 bridgehead atoms. The first-order chi connectivity index (χ1) is 12.2. The van der Waals surface area contributed by atoms with Gasteiger partial charge in [0.05, 0.1) is 24.2 Å². The lowest BCUT2D eigenvalue weighted by Crippen LogP contribution is -2.70. The van der Waals surface area contributed by atoms with Gasteiger partial charge in [0.2, 0.25) is 0 Å². The van der Waals surface area contributed by atoms with Crippen LogP contribution in [0.25, 0.3) is 0 Å². The van der Waals surface area contributed by atoms with Gasteiger partial charge in [-0.15, -0.1) is 0 Å². The van der Waals surface area contributed by atoms with Crippen LogP contribution in [-0.2, 0) is 6.54 Å². The number of allylic oxidation sites excluding steroid dienone is 2. The molecule has 1 saturated carbocycles. The highest BCUT2D eigenvalue weighted by atomic mass is 35.5. The van der Waals surface area contributed by atoms with Crippen molar-refractivity contribution in [3.63, 3.8) is 0 Å². The van der Waals surface area contributed by atoms with Gasteiger partial charge in [0, 0.05) is 10.0 Å². The van der Waals surface area contributed by atoms with Crippen LogP contribution in [0, 0.1) is 0 Å². The zero-order valence-corrected chi connectivity index (χ0v) is 15.7. The summed E-state index contributed by atoms with van der Waals surface area (Å²) in [6.45, 7) is 0.568. The normalized spacial score (nSPS) is 28.8. The van der Waals surface area contributed by atoms with Crippen molar-refractivity contribution in [2.45, 2.75) is 56.3 Å². The summed E-state index contributed by atoms with van der Waals surface area (Å²) < 4.78 is 0. The number of halogens is 2. The van der Waals surface area contributed by atoms with Gasteiger partial charge in [-0.05, 0) is 30.5 Å². The topological polar surface area (TPSA) is 36.4 Å². The van der Waals surface area contributed by atoms with Crippen molar-refractivity contribution in [1.29, 1.82) is 0 Å². The van der Waals surface area contributed by atoms with Gasteiger partial charge in [0.1, 0.15) is 5.84 Å². The Kier molecular flexibility index (Phi) is 4.90. The molecule has 0 aromatic heterocycles. The van der Waals surface area contributed by atoms with Crippen molar-refractivity contribution in [3.8, 4) is 0 Å². The first-order valence-electron chi connectivity index (χ1n) is 9.04. The fraction of sp³-hybridized carbons (Fsp3) is 0.450. The number of fused-ring (bicyclic) bond motifs is 1. The van der Waals surface area contributed by atoms with E-state index in [0.29, 0.717) is 22.6 Å². The maximum absolute atomic E-state index is 6.33. The average Bonchev–Trinajstić information content (AvgIpc) is 2.62. The molecule has 1 saturated heterocycles. The summed E-state index contributed by atoms with van der Waals surface area (Å²) in [5.41, 5.74) is 0.973. The van der Waals surface area contributed by atoms with E-state index < -0.39 is 0 Å². The predicted molar refractivity (Wildman–Crippen MR) is 106 cm³/mol. The fourth-order valence-corrected chi connectivity index (χ4v) is 4.58. The zero-order valence-electron chi connectivity index (χ0n) is 14.1. The summed E-state index contributed by atoms with van der Waals surface area (Å²) in [6.07, 6.45) is 14.7. The van der Waals surface area contributed by atoms with Crippen molar-refractivity contribution in [3.05, 3.63) is 58.1 Å². The van der Waals surface area contributed by atoms with Gasteiger partial charge in [-0.25, -0.2) is 0 Å². The Bertz CT molecular complexity index is 732. The van der Waals surface area contributed by atoms with E-state index in [1.807, 2.05) is 12.1 Å². The van der Waals surface area contributed by atoms with Crippen LogP contribution in [0.5, 0.6) is 0 Å². The first-order valence-corrected chi connectivity index (χ1v) is 9.80. The lowest BCUT2D eigenvalue weighted by atomic mass is 9.77. The molecule has 1 aromatic rings. The fourth-order valence-electron chi connectivity index (χ4n) is 4.11. The number of benzene rings is 1. The van der Waals surface area contributed by atoms with Crippen molar-refractivity contribution >= 4 is 29.0 Å². The van der Waals surface area contributed by atoms with Gasteiger partial charge in [-0.2, -0.15) is 0 Å². The molecule has 132 valence electrons. The molecule has 0 radical (unpaired) electrons. The SMILES string of the molecule is Clc1ccc(CN=C2NC3C=CC=CC3NC23CCCCC3)c(Cl)c1. The third kappa shape index (κ3) is 3.51. The van der Waals surface area contributed by atoms with Crippen LogP contribution in [-0.4, -0.2) is 23.5 Å². The molecular formula is C20H23Cl2N3. The number of hydrogen-bond acceptors (Lipinski definition) is 2. The lowest BCUT2D eigenvalue weighted by Gasteiger charge is -2.48. The van der Waals surface area contributed by atoms with E-state index in [4.69, 9.17) is 28.2 Å². The van der Waals surface area contributed by atoms with Crippen LogP contribution in [0.15, 0.2) is 47.5 Å². The van der Waals surface area contributed by atoms with Gasteiger partial charge >= 0.3 is 0 Å². The van der Waals surface area contributed by atoms with Gasteiger partial charge in [-0.1, -0.05) is 72.8 Å². The lowest BCUT2D eigenvalue weighted by molar-refractivity contribution is 0.254. The van der Waals surface area contributed by atoms with Gasteiger partial charge in [0.15, 0.2) is 0 Å². The number of nitrogens with zero attached hydrogens (tertiary/aromatic N) is 1. The Morgan fingerprint density at radius 2 is 1.80 bits per heavy atom.